The molecule has 8 nitrogen and oxygen atoms in total. The second kappa shape index (κ2) is 11.1. The number of nitrogens with two attached hydrogens (primary N) is 1. The normalized spacial score (nSPS) is 23.7. The Morgan fingerprint density at radius 1 is 1.22 bits per heavy atom. The highest BCUT2D eigenvalue weighted by Crippen LogP contribution is 2.48. The fourth-order valence-corrected chi connectivity index (χ4v) is 8.10. The maximum Gasteiger partial charge on any atom is 0.417 e. The van der Waals surface area contributed by atoms with Gasteiger partial charge in [-0.1, -0.05) is 6.07 Å². The smallest absolute Gasteiger partial charge is 0.417 e. The number of rotatable bonds is 5. The molecule has 15 heteroatoms. The summed E-state index contributed by atoms with van der Waals surface area (Å²) in [6.45, 7) is 3.59. The molecule has 242 valence electrons. The lowest BCUT2D eigenvalue weighted by Gasteiger charge is -2.33. The highest BCUT2D eigenvalue weighted by atomic mass is 32.1. The zero-order valence-electron chi connectivity index (χ0n) is 24.6. The summed E-state index contributed by atoms with van der Waals surface area (Å²) in [5, 5.41) is 9.23. The van der Waals surface area contributed by atoms with Gasteiger partial charge in [-0.25, -0.2) is 13.2 Å². The summed E-state index contributed by atoms with van der Waals surface area (Å²) in [5.41, 5.74) is 2.05. The Balaban J connectivity index is 1.46. The number of alkyl halides is 4. The van der Waals surface area contributed by atoms with E-state index in [1.165, 1.54) is 0 Å². The number of fused-ring (bicyclic) bond motifs is 3. The maximum atomic E-state index is 16.9. The molecule has 4 aromatic rings. The fourth-order valence-electron chi connectivity index (χ4n) is 7.15. The number of morpholine rings is 1. The van der Waals surface area contributed by atoms with Gasteiger partial charge in [0.2, 0.25) is 0 Å². The van der Waals surface area contributed by atoms with Crippen LogP contribution in [0.15, 0.2) is 18.2 Å². The van der Waals surface area contributed by atoms with Crippen molar-refractivity contribution in [1.82, 2.24) is 14.9 Å². The number of nitrogens with zero attached hydrogens (tertiary/aromatic N) is 5. The number of halogens is 6. The Morgan fingerprint density at radius 2 is 2.02 bits per heavy atom. The van der Waals surface area contributed by atoms with Crippen LogP contribution in [0.5, 0.6) is 6.01 Å². The molecule has 46 heavy (non-hydrogen) atoms. The minimum atomic E-state index is -5.07. The van der Waals surface area contributed by atoms with E-state index >= 15 is 4.39 Å². The molecule has 3 atom stereocenters. The number of hydrogen-bond donors (Lipinski definition) is 1. The molecule has 0 bridgehead atoms. The molecule has 3 saturated heterocycles. The first-order valence-corrected chi connectivity index (χ1v) is 15.6. The van der Waals surface area contributed by atoms with Gasteiger partial charge in [-0.05, 0) is 44.0 Å². The van der Waals surface area contributed by atoms with Crippen LogP contribution in [0.2, 0.25) is 0 Å². The standard InChI is InChI=1S/C31H28F6N6O2S/c1-15-12-42(7-8-44-15)28-18-9-20(31(35,36)37)23(17-3-4-21(33)26-22(17)19(11-38)27(39)46-26)24(34)25(18)40-29(41-28)45-14-30-5-2-6-43(30)13-16(32)10-30/h3-4,9,15-16H,2,5-8,10,12-14,39H2,1H3. The molecule has 0 spiro atoms. The second-order valence-corrected chi connectivity index (χ2v) is 13.1. The number of nitriles is 1. The topological polar surface area (TPSA) is 101 Å². The lowest BCUT2D eigenvalue weighted by Crippen LogP contribution is -2.44. The third-order valence-electron chi connectivity index (χ3n) is 9.17. The van der Waals surface area contributed by atoms with E-state index in [1.807, 2.05) is 11.0 Å². The SMILES string of the molecule is CC1CN(c2nc(OCC34CCCN3CC(F)C4)nc3c(F)c(-c4ccc(F)c5sc(N)c(C#N)c45)c(C(F)(F)F)cc23)CCO1. The molecule has 0 amide bonds. The van der Waals surface area contributed by atoms with Gasteiger partial charge in [-0.2, -0.15) is 28.4 Å². The Morgan fingerprint density at radius 3 is 2.76 bits per heavy atom. The van der Waals surface area contributed by atoms with Crippen molar-refractivity contribution in [2.24, 2.45) is 0 Å². The first kappa shape index (κ1) is 30.8. The third-order valence-corrected chi connectivity index (χ3v) is 10.2. The van der Waals surface area contributed by atoms with Crippen molar-refractivity contribution in [3.05, 3.63) is 41.0 Å². The van der Waals surface area contributed by atoms with E-state index in [-0.39, 0.29) is 88.8 Å². The molecule has 0 saturated carbocycles. The van der Waals surface area contributed by atoms with Crippen LogP contribution in [-0.2, 0) is 10.9 Å². The lowest BCUT2D eigenvalue weighted by atomic mass is 9.92. The molecule has 3 unspecified atom stereocenters. The minimum Gasteiger partial charge on any atom is -0.461 e. The number of benzene rings is 2. The number of aromatic nitrogens is 2. The van der Waals surface area contributed by atoms with Gasteiger partial charge in [0, 0.05) is 42.4 Å². The van der Waals surface area contributed by atoms with E-state index in [0.717, 1.165) is 24.6 Å². The van der Waals surface area contributed by atoms with E-state index in [0.29, 0.717) is 24.3 Å². The van der Waals surface area contributed by atoms with Crippen molar-refractivity contribution >= 4 is 43.1 Å². The number of nitrogen functional groups attached to an aromatic ring is 1. The molecule has 0 radical (unpaired) electrons. The van der Waals surface area contributed by atoms with Crippen molar-refractivity contribution in [3.8, 4) is 23.2 Å². The maximum absolute atomic E-state index is 16.9. The molecular formula is C31H28F6N6O2S. The molecule has 2 N–H and O–H groups in total. The molecule has 2 aromatic carbocycles. The third kappa shape index (κ3) is 4.98. The van der Waals surface area contributed by atoms with Crippen LogP contribution in [0.25, 0.3) is 32.1 Å². The summed E-state index contributed by atoms with van der Waals surface area (Å²) in [7, 11) is 0. The van der Waals surface area contributed by atoms with Gasteiger partial charge in [0.1, 0.15) is 41.0 Å². The molecule has 7 rings (SSSR count). The van der Waals surface area contributed by atoms with Gasteiger partial charge < -0.3 is 20.1 Å². The number of thiophene rings is 1. The van der Waals surface area contributed by atoms with E-state index in [9.17, 15) is 27.2 Å². The highest BCUT2D eigenvalue weighted by Gasteiger charge is 2.49. The van der Waals surface area contributed by atoms with Gasteiger partial charge in [0.25, 0.3) is 0 Å². The van der Waals surface area contributed by atoms with Gasteiger partial charge in [0.05, 0.1) is 34.1 Å². The zero-order chi connectivity index (χ0) is 32.5. The number of ether oxygens (including phenoxy) is 2. The van der Waals surface area contributed by atoms with Crippen molar-refractivity contribution in [1.29, 1.82) is 5.26 Å². The van der Waals surface area contributed by atoms with Crippen LogP contribution in [0, 0.1) is 23.0 Å². The monoisotopic (exact) mass is 662 g/mol. The van der Waals surface area contributed by atoms with E-state index in [4.69, 9.17) is 15.2 Å². The van der Waals surface area contributed by atoms with E-state index in [2.05, 4.69) is 9.97 Å². The molecule has 3 aliphatic heterocycles. The summed E-state index contributed by atoms with van der Waals surface area (Å²) in [4.78, 5) is 12.5. The first-order valence-electron chi connectivity index (χ1n) is 14.8. The average Bonchev–Trinajstić information content (AvgIpc) is 3.65. The van der Waals surface area contributed by atoms with Gasteiger partial charge >= 0.3 is 12.2 Å². The number of hydrogen-bond acceptors (Lipinski definition) is 9. The largest absolute Gasteiger partial charge is 0.461 e. The van der Waals surface area contributed by atoms with Gasteiger partial charge in [-0.15, -0.1) is 11.3 Å². The molecule has 2 aromatic heterocycles. The predicted molar refractivity (Wildman–Crippen MR) is 161 cm³/mol. The summed E-state index contributed by atoms with van der Waals surface area (Å²) >= 11 is 0.693. The van der Waals surface area contributed by atoms with E-state index < -0.39 is 46.2 Å². The Labute approximate surface area is 263 Å². The van der Waals surface area contributed by atoms with Gasteiger partial charge in [0.15, 0.2) is 5.82 Å². The fraction of sp³-hybridized carbons (Fsp3) is 0.452. The van der Waals surface area contributed by atoms with Crippen LogP contribution in [0.1, 0.15) is 37.3 Å². The quantitative estimate of drug-likeness (QED) is 0.244. The Hall–Kier alpha value is -3.87. The van der Waals surface area contributed by atoms with Crippen LogP contribution in [0.3, 0.4) is 0 Å². The summed E-state index contributed by atoms with van der Waals surface area (Å²) in [6, 6.07) is 4.26. The predicted octanol–water partition coefficient (Wildman–Crippen LogP) is 6.44. The van der Waals surface area contributed by atoms with Crippen molar-refractivity contribution in [2.75, 3.05) is 50.0 Å². The lowest BCUT2D eigenvalue weighted by molar-refractivity contribution is -0.137. The molecule has 3 fully saturated rings. The molecular weight excluding hydrogens is 634 g/mol. The van der Waals surface area contributed by atoms with E-state index in [1.54, 1.807) is 11.8 Å². The Kier molecular flexibility index (Phi) is 7.45. The van der Waals surface area contributed by atoms with Crippen LogP contribution >= 0.6 is 11.3 Å². The summed E-state index contributed by atoms with van der Waals surface area (Å²) in [6.07, 6.45) is -4.58. The zero-order valence-corrected chi connectivity index (χ0v) is 25.4. The average molecular weight is 663 g/mol. The second-order valence-electron chi connectivity index (χ2n) is 12.1. The van der Waals surface area contributed by atoms with Crippen molar-refractivity contribution in [3.63, 3.8) is 0 Å². The Bertz CT molecular complexity index is 1910. The first-order chi connectivity index (χ1) is 21.9. The summed E-state index contributed by atoms with van der Waals surface area (Å²) < 4.78 is 102. The minimum absolute atomic E-state index is 0.0191. The molecule has 0 aliphatic carbocycles. The van der Waals surface area contributed by atoms with Gasteiger partial charge in [-0.3, -0.25) is 4.90 Å². The number of anilines is 2. The van der Waals surface area contributed by atoms with Crippen molar-refractivity contribution in [2.45, 2.75) is 50.2 Å². The summed E-state index contributed by atoms with van der Waals surface area (Å²) in [5.74, 6) is -2.12. The van der Waals surface area contributed by atoms with Crippen LogP contribution in [0.4, 0.5) is 37.2 Å². The molecule has 5 heterocycles. The van der Waals surface area contributed by atoms with Crippen LogP contribution < -0.4 is 15.4 Å². The van der Waals surface area contributed by atoms with Crippen LogP contribution in [-0.4, -0.2) is 72.1 Å². The molecule has 3 aliphatic rings. The van der Waals surface area contributed by atoms with Crippen molar-refractivity contribution < 1.29 is 35.8 Å². The highest BCUT2D eigenvalue weighted by molar-refractivity contribution is 7.23.